The first-order valence-electron chi connectivity index (χ1n) is 4.78. The highest BCUT2D eigenvalue weighted by atomic mass is 19.2. The average molecular weight is 238 g/mol. The summed E-state index contributed by atoms with van der Waals surface area (Å²) < 4.78 is 30.8. The second kappa shape index (κ2) is 4.73. The lowest BCUT2D eigenvalue weighted by atomic mass is 10.2. The predicted octanol–water partition coefficient (Wildman–Crippen LogP) is 2.04. The van der Waals surface area contributed by atoms with E-state index in [0.29, 0.717) is 0 Å². The maximum atomic E-state index is 13.2. The standard InChI is InChI=1S/C11H8F2N2O2/c12-8-3-1-2-7(10(8)13)6-17-11(16)9-4-5-14-15-9/h1-5H,6H2,(H,14,15). The van der Waals surface area contributed by atoms with E-state index in [1.165, 1.54) is 24.4 Å². The normalized spacial score (nSPS) is 10.2. The van der Waals surface area contributed by atoms with E-state index < -0.39 is 17.6 Å². The zero-order valence-corrected chi connectivity index (χ0v) is 8.61. The highest BCUT2D eigenvalue weighted by Crippen LogP contribution is 2.12. The molecule has 0 radical (unpaired) electrons. The van der Waals surface area contributed by atoms with Gasteiger partial charge < -0.3 is 4.74 Å². The Hall–Kier alpha value is -2.24. The molecule has 0 saturated heterocycles. The van der Waals surface area contributed by atoms with Gasteiger partial charge in [0.2, 0.25) is 0 Å². The Bertz CT molecular complexity index is 526. The molecule has 6 heteroatoms. The summed E-state index contributed by atoms with van der Waals surface area (Å²) in [5.74, 6) is -2.66. The van der Waals surface area contributed by atoms with Gasteiger partial charge >= 0.3 is 5.97 Å². The highest BCUT2D eigenvalue weighted by molar-refractivity contribution is 5.86. The first kappa shape index (κ1) is 11.3. The Balaban J connectivity index is 2.03. The van der Waals surface area contributed by atoms with E-state index in [2.05, 4.69) is 10.2 Å². The van der Waals surface area contributed by atoms with Gasteiger partial charge in [-0.25, -0.2) is 13.6 Å². The van der Waals surface area contributed by atoms with Crippen molar-refractivity contribution in [3.63, 3.8) is 0 Å². The van der Waals surface area contributed by atoms with Crippen LogP contribution in [0, 0.1) is 11.6 Å². The van der Waals surface area contributed by atoms with Gasteiger partial charge in [-0.3, -0.25) is 5.10 Å². The molecule has 1 N–H and O–H groups in total. The summed E-state index contributed by atoms with van der Waals surface area (Å²) in [5.41, 5.74) is 0.139. The van der Waals surface area contributed by atoms with Gasteiger partial charge in [-0.1, -0.05) is 12.1 Å². The van der Waals surface area contributed by atoms with Gasteiger partial charge in [0, 0.05) is 11.8 Å². The predicted molar refractivity (Wildman–Crippen MR) is 54.1 cm³/mol. The molecule has 0 spiro atoms. The molecule has 0 fully saturated rings. The van der Waals surface area contributed by atoms with Crippen molar-refractivity contribution in [2.45, 2.75) is 6.61 Å². The van der Waals surface area contributed by atoms with Crippen LogP contribution < -0.4 is 0 Å². The van der Waals surface area contributed by atoms with Crippen molar-refractivity contribution < 1.29 is 18.3 Å². The topological polar surface area (TPSA) is 55.0 Å². The summed E-state index contributed by atoms with van der Waals surface area (Å²) >= 11 is 0. The number of rotatable bonds is 3. The van der Waals surface area contributed by atoms with Crippen molar-refractivity contribution in [3.8, 4) is 0 Å². The lowest BCUT2D eigenvalue weighted by Crippen LogP contribution is -2.07. The third-order valence-corrected chi connectivity index (χ3v) is 2.11. The van der Waals surface area contributed by atoms with Crippen LogP contribution in [-0.2, 0) is 11.3 Å². The first-order chi connectivity index (χ1) is 8.18. The fourth-order valence-electron chi connectivity index (χ4n) is 1.25. The van der Waals surface area contributed by atoms with Crippen molar-refractivity contribution in [2.75, 3.05) is 0 Å². The lowest BCUT2D eigenvalue weighted by molar-refractivity contribution is 0.0461. The molecule has 1 aromatic heterocycles. The molecule has 0 atom stereocenters. The van der Waals surface area contributed by atoms with E-state index in [1.54, 1.807) is 0 Å². The lowest BCUT2D eigenvalue weighted by Gasteiger charge is -2.04. The van der Waals surface area contributed by atoms with Crippen LogP contribution in [0.2, 0.25) is 0 Å². The van der Waals surface area contributed by atoms with Crippen LogP contribution in [0.3, 0.4) is 0 Å². The number of hydrogen-bond acceptors (Lipinski definition) is 3. The summed E-state index contributed by atoms with van der Waals surface area (Å²) in [4.78, 5) is 11.4. The van der Waals surface area contributed by atoms with E-state index >= 15 is 0 Å². The SMILES string of the molecule is O=C(OCc1cccc(F)c1F)c1ccn[nH]1. The number of benzene rings is 1. The third-order valence-electron chi connectivity index (χ3n) is 2.11. The number of carbonyl (C=O) groups is 1. The Morgan fingerprint density at radius 1 is 1.35 bits per heavy atom. The number of aromatic nitrogens is 2. The number of nitrogens with one attached hydrogen (secondary N) is 1. The van der Waals surface area contributed by atoms with Crippen LogP contribution in [0.25, 0.3) is 0 Å². The number of ether oxygens (including phenoxy) is 1. The number of H-pyrrole nitrogens is 1. The van der Waals surface area contributed by atoms with Gasteiger partial charge in [0.15, 0.2) is 11.6 Å². The second-order valence-electron chi connectivity index (χ2n) is 3.26. The van der Waals surface area contributed by atoms with E-state index in [9.17, 15) is 13.6 Å². The Morgan fingerprint density at radius 2 is 2.18 bits per heavy atom. The fraction of sp³-hybridized carbons (Fsp3) is 0.0909. The van der Waals surface area contributed by atoms with Crippen LogP contribution in [0.5, 0.6) is 0 Å². The summed E-state index contributed by atoms with van der Waals surface area (Å²) in [6.07, 6.45) is 1.39. The molecule has 4 nitrogen and oxygen atoms in total. The number of nitrogens with zero attached hydrogens (tertiary/aromatic N) is 1. The van der Waals surface area contributed by atoms with Gasteiger partial charge in [-0.2, -0.15) is 5.10 Å². The number of aromatic amines is 1. The summed E-state index contributed by atoms with van der Waals surface area (Å²) in [6.45, 7) is -0.332. The van der Waals surface area contributed by atoms with Crippen LogP contribution in [0.1, 0.15) is 16.1 Å². The molecule has 0 bridgehead atoms. The van der Waals surface area contributed by atoms with Crippen molar-refractivity contribution in [3.05, 3.63) is 53.4 Å². The number of hydrogen-bond donors (Lipinski definition) is 1. The van der Waals surface area contributed by atoms with Gasteiger partial charge in [-0.05, 0) is 12.1 Å². The van der Waals surface area contributed by atoms with Crippen molar-refractivity contribution in [1.82, 2.24) is 10.2 Å². The molecule has 1 aromatic carbocycles. The molecule has 2 rings (SSSR count). The van der Waals surface area contributed by atoms with E-state index in [-0.39, 0.29) is 17.9 Å². The molecule has 0 amide bonds. The zero-order valence-electron chi connectivity index (χ0n) is 8.61. The highest BCUT2D eigenvalue weighted by Gasteiger charge is 2.12. The smallest absolute Gasteiger partial charge is 0.356 e. The molecule has 0 unspecified atom stereocenters. The molecule has 1 heterocycles. The quantitative estimate of drug-likeness (QED) is 0.832. The minimum atomic E-state index is -1.01. The van der Waals surface area contributed by atoms with Crippen molar-refractivity contribution in [2.24, 2.45) is 0 Å². The second-order valence-corrected chi connectivity index (χ2v) is 3.26. The van der Waals surface area contributed by atoms with Crippen LogP contribution >= 0.6 is 0 Å². The molecule has 17 heavy (non-hydrogen) atoms. The van der Waals surface area contributed by atoms with Gasteiger partial charge in [0.05, 0.1) is 0 Å². The van der Waals surface area contributed by atoms with Crippen LogP contribution in [-0.4, -0.2) is 16.2 Å². The fourth-order valence-corrected chi connectivity index (χ4v) is 1.25. The van der Waals surface area contributed by atoms with Crippen LogP contribution in [0.4, 0.5) is 8.78 Å². The van der Waals surface area contributed by atoms with E-state index in [1.807, 2.05) is 0 Å². The Morgan fingerprint density at radius 3 is 2.88 bits per heavy atom. The maximum Gasteiger partial charge on any atom is 0.356 e. The number of carbonyl (C=O) groups excluding carboxylic acids is 1. The largest absolute Gasteiger partial charge is 0.456 e. The van der Waals surface area contributed by atoms with Gasteiger partial charge in [-0.15, -0.1) is 0 Å². The van der Waals surface area contributed by atoms with E-state index in [0.717, 1.165) is 6.07 Å². The van der Waals surface area contributed by atoms with Gasteiger partial charge in [0.25, 0.3) is 0 Å². The molecule has 2 aromatic rings. The molecule has 88 valence electrons. The molecule has 0 aliphatic rings. The third kappa shape index (κ3) is 2.47. The monoisotopic (exact) mass is 238 g/mol. The average Bonchev–Trinajstić information content (AvgIpc) is 2.84. The number of esters is 1. The molecular formula is C11H8F2N2O2. The molecular weight excluding hydrogens is 230 g/mol. The molecule has 0 saturated carbocycles. The van der Waals surface area contributed by atoms with E-state index in [4.69, 9.17) is 4.74 Å². The summed E-state index contributed by atoms with van der Waals surface area (Å²) in [7, 11) is 0. The Labute approximate surface area is 95.2 Å². The first-order valence-corrected chi connectivity index (χ1v) is 4.78. The minimum Gasteiger partial charge on any atom is -0.456 e. The van der Waals surface area contributed by atoms with Gasteiger partial charge in [0.1, 0.15) is 12.3 Å². The number of halogens is 2. The summed E-state index contributed by atoms with van der Waals surface area (Å²) in [5, 5.41) is 5.98. The van der Waals surface area contributed by atoms with Crippen molar-refractivity contribution in [1.29, 1.82) is 0 Å². The summed E-state index contributed by atoms with van der Waals surface area (Å²) in [6, 6.07) is 5.11. The minimum absolute atomic E-state index is 0.0159. The molecule has 0 aliphatic heterocycles. The Kier molecular flexibility index (Phi) is 3.13. The molecule has 0 aliphatic carbocycles. The maximum absolute atomic E-state index is 13.2. The van der Waals surface area contributed by atoms with Crippen molar-refractivity contribution >= 4 is 5.97 Å². The zero-order chi connectivity index (χ0) is 12.3. The van der Waals surface area contributed by atoms with Crippen LogP contribution in [0.15, 0.2) is 30.5 Å².